The molecule has 6 heteroatoms. The van der Waals surface area contributed by atoms with E-state index in [-0.39, 0.29) is 18.6 Å². The largest absolute Gasteiger partial charge is 0.371 e. The fourth-order valence-electron chi connectivity index (χ4n) is 0.954. The first-order chi connectivity index (χ1) is 5.25. The topological polar surface area (TPSA) is 65.0 Å². The first kappa shape index (κ1) is 6.53. The average Bonchev–Trinajstić information content (AvgIpc) is 2.64. The number of ether oxygens (including phenoxy) is 1. The van der Waals surface area contributed by atoms with Crippen LogP contribution in [0.15, 0.2) is 0 Å². The van der Waals surface area contributed by atoms with E-state index in [0.717, 1.165) is 0 Å². The molecule has 2 fully saturated rings. The molecule has 2 rings (SSSR count). The quantitative estimate of drug-likeness (QED) is 0.389. The van der Waals surface area contributed by atoms with Gasteiger partial charge in [0, 0.05) is 0 Å². The van der Waals surface area contributed by atoms with Crippen LogP contribution in [0.1, 0.15) is 0 Å². The first-order valence-corrected chi connectivity index (χ1v) is 3.38. The molecule has 0 saturated carbocycles. The molecule has 0 radical (unpaired) electrons. The van der Waals surface area contributed by atoms with Gasteiger partial charge in [-0.1, -0.05) is 5.53 Å². The monoisotopic (exact) mass is 158 g/mol. The molecular formula is C5H8N3O3+. The van der Waals surface area contributed by atoms with Crippen LogP contribution in [-0.4, -0.2) is 41.6 Å². The van der Waals surface area contributed by atoms with Gasteiger partial charge in [0.05, 0.1) is 18.1 Å². The van der Waals surface area contributed by atoms with E-state index in [0.29, 0.717) is 18.0 Å². The Balaban J connectivity index is 1.91. The average molecular weight is 158 g/mol. The van der Waals surface area contributed by atoms with Crippen molar-refractivity contribution >= 4 is 5.91 Å². The summed E-state index contributed by atoms with van der Waals surface area (Å²) in [5, 5.41) is 1.28. The first-order valence-electron chi connectivity index (χ1n) is 3.38. The zero-order valence-corrected chi connectivity index (χ0v) is 5.82. The second kappa shape index (κ2) is 2.16. The minimum atomic E-state index is -0.199. The second-order valence-electron chi connectivity index (χ2n) is 2.60. The Morgan fingerprint density at radius 2 is 2.55 bits per heavy atom. The van der Waals surface area contributed by atoms with Gasteiger partial charge < -0.3 is 4.74 Å². The molecule has 2 aliphatic heterocycles. The maximum Gasteiger partial charge on any atom is 0.319 e. The summed E-state index contributed by atoms with van der Waals surface area (Å²) in [6, 6.07) is 0. The maximum atomic E-state index is 10.9. The maximum absolute atomic E-state index is 10.9. The molecule has 1 amide bonds. The molecule has 11 heavy (non-hydrogen) atoms. The number of hydrogen-bond donors (Lipinski definition) is 1. The lowest BCUT2D eigenvalue weighted by Crippen LogP contribution is -2.38. The molecule has 1 N–H and O–H groups in total. The Labute approximate surface area is 62.6 Å². The molecule has 0 aromatic rings. The van der Waals surface area contributed by atoms with Crippen molar-refractivity contribution in [3.05, 3.63) is 4.91 Å². The molecule has 1 atom stereocenters. The highest BCUT2D eigenvalue weighted by Crippen LogP contribution is 2.10. The fourth-order valence-corrected chi connectivity index (χ4v) is 0.954. The van der Waals surface area contributed by atoms with Gasteiger partial charge in [-0.15, -0.1) is 0 Å². The number of amides is 1. The van der Waals surface area contributed by atoms with Crippen molar-refractivity contribution in [3.8, 4) is 0 Å². The lowest BCUT2D eigenvalue weighted by atomic mass is 10.4. The Morgan fingerprint density at radius 1 is 1.82 bits per heavy atom. The molecule has 0 aromatic carbocycles. The Hall–Kier alpha value is -1.17. The minimum absolute atomic E-state index is 0.104. The van der Waals surface area contributed by atoms with Gasteiger partial charge in [0.1, 0.15) is 11.0 Å². The standard InChI is InChI=1S/C5H8N3O3/c9-5-2-8(10)6-7(5)1-4-3-11-4/h4H,1-3H2,(H,6,10)/q+1. The van der Waals surface area contributed by atoms with Crippen molar-refractivity contribution < 1.29 is 14.4 Å². The Kier molecular flexibility index (Phi) is 1.28. The molecule has 2 saturated heterocycles. The zero-order valence-electron chi connectivity index (χ0n) is 5.82. The van der Waals surface area contributed by atoms with E-state index in [4.69, 9.17) is 4.74 Å². The number of rotatable bonds is 2. The number of carbonyl (C=O) groups excluding carboxylic acids is 1. The molecule has 0 bridgehead atoms. The normalized spacial score (nSPS) is 29.1. The lowest BCUT2D eigenvalue weighted by molar-refractivity contribution is -0.600. The van der Waals surface area contributed by atoms with E-state index in [9.17, 15) is 9.70 Å². The minimum Gasteiger partial charge on any atom is -0.371 e. The predicted octanol–water partition coefficient (Wildman–Crippen LogP) is -1.57. The zero-order chi connectivity index (χ0) is 7.84. The number of carbonyl (C=O) groups is 1. The second-order valence-corrected chi connectivity index (χ2v) is 2.60. The van der Waals surface area contributed by atoms with Crippen LogP contribution < -0.4 is 5.53 Å². The molecule has 0 spiro atoms. The predicted molar refractivity (Wildman–Crippen MR) is 33.1 cm³/mol. The SMILES string of the molecule is O=C1C[N+](=O)NN1CC1CO1. The highest BCUT2D eigenvalue weighted by Gasteiger charge is 2.38. The van der Waals surface area contributed by atoms with Crippen LogP contribution >= 0.6 is 0 Å². The Morgan fingerprint density at radius 3 is 3.00 bits per heavy atom. The molecule has 0 aromatic heterocycles. The molecule has 0 aliphatic carbocycles. The molecule has 2 aliphatic rings. The third kappa shape index (κ3) is 1.30. The van der Waals surface area contributed by atoms with Crippen LogP contribution in [0.3, 0.4) is 0 Å². The number of hydrogen-bond acceptors (Lipinski definition) is 3. The van der Waals surface area contributed by atoms with Crippen LogP contribution in [0.5, 0.6) is 0 Å². The summed E-state index contributed by atoms with van der Waals surface area (Å²) < 4.78 is 4.90. The summed E-state index contributed by atoms with van der Waals surface area (Å²) in [5.41, 5.74) is 2.36. The highest BCUT2D eigenvalue weighted by atomic mass is 16.6. The van der Waals surface area contributed by atoms with Crippen molar-refractivity contribution in [2.24, 2.45) is 0 Å². The third-order valence-corrected chi connectivity index (χ3v) is 1.60. The van der Waals surface area contributed by atoms with Gasteiger partial charge in [-0.25, -0.2) is 0 Å². The van der Waals surface area contributed by atoms with E-state index in [1.165, 1.54) is 5.01 Å². The van der Waals surface area contributed by atoms with E-state index in [1.807, 2.05) is 0 Å². The molecular weight excluding hydrogens is 150 g/mol. The van der Waals surface area contributed by atoms with Crippen LogP contribution in [0.2, 0.25) is 0 Å². The summed E-state index contributed by atoms with van der Waals surface area (Å²) in [6.45, 7) is 1.05. The van der Waals surface area contributed by atoms with E-state index in [2.05, 4.69) is 5.53 Å². The van der Waals surface area contributed by atoms with E-state index < -0.39 is 0 Å². The smallest absolute Gasteiger partial charge is 0.319 e. The van der Waals surface area contributed by atoms with Crippen molar-refractivity contribution in [1.29, 1.82) is 0 Å². The van der Waals surface area contributed by atoms with Crippen LogP contribution in [0.25, 0.3) is 0 Å². The van der Waals surface area contributed by atoms with Crippen LogP contribution in [0, 0.1) is 4.91 Å². The van der Waals surface area contributed by atoms with E-state index >= 15 is 0 Å². The van der Waals surface area contributed by atoms with Crippen LogP contribution in [-0.2, 0) is 9.53 Å². The Bertz CT molecular complexity index is 213. The van der Waals surface area contributed by atoms with Gasteiger partial charge >= 0.3 is 12.5 Å². The number of hydrazine groups is 2. The van der Waals surface area contributed by atoms with Gasteiger partial charge in [-0.2, -0.15) is 5.01 Å². The van der Waals surface area contributed by atoms with Crippen LogP contribution in [0.4, 0.5) is 0 Å². The number of nitrogens with one attached hydrogen (secondary N) is 1. The van der Waals surface area contributed by atoms with Gasteiger partial charge in [0.15, 0.2) is 0 Å². The van der Waals surface area contributed by atoms with Gasteiger partial charge in [-0.05, 0) is 0 Å². The number of nitrogens with zero attached hydrogens (tertiary/aromatic N) is 2. The molecule has 6 nitrogen and oxygen atoms in total. The number of nitroso groups, excluding NO2 is 1. The highest BCUT2D eigenvalue weighted by molar-refractivity contribution is 5.77. The molecule has 60 valence electrons. The summed E-state index contributed by atoms with van der Waals surface area (Å²) in [7, 11) is 0. The summed E-state index contributed by atoms with van der Waals surface area (Å²) in [6.07, 6.45) is 0.123. The molecule has 2 heterocycles. The van der Waals surface area contributed by atoms with Crippen molar-refractivity contribution in [2.45, 2.75) is 6.10 Å². The van der Waals surface area contributed by atoms with Crippen molar-refractivity contribution in [2.75, 3.05) is 19.7 Å². The van der Waals surface area contributed by atoms with Gasteiger partial charge in [0.2, 0.25) is 0 Å². The van der Waals surface area contributed by atoms with E-state index in [1.54, 1.807) is 0 Å². The third-order valence-electron chi connectivity index (χ3n) is 1.60. The number of epoxide rings is 1. The fraction of sp³-hybridized carbons (Fsp3) is 0.800. The van der Waals surface area contributed by atoms with Crippen molar-refractivity contribution in [3.63, 3.8) is 0 Å². The lowest BCUT2D eigenvalue weighted by Gasteiger charge is -2.05. The summed E-state index contributed by atoms with van der Waals surface area (Å²) >= 11 is 0. The van der Waals surface area contributed by atoms with Gasteiger partial charge in [0.25, 0.3) is 0 Å². The van der Waals surface area contributed by atoms with Crippen molar-refractivity contribution in [1.82, 2.24) is 10.5 Å². The van der Waals surface area contributed by atoms with Gasteiger partial charge in [-0.3, -0.25) is 4.79 Å². The molecule has 1 unspecified atom stereocenters. The summed E-state index contributed by atoms with van der Waals surface area (Å²) in [5.74, 6) is -0.199. The summed E-state index contributed by atoms with van der Waals surface area (Å²) in [4.78, 5) is 22.0.